The first-order valence-electron chi connectivity index (χ1n) is 6.55. The molecular formula is C15H11FN4OS. The maximum absolute atomic E-state index is 13.0. The first kappa shape index (κ1) is 14.4. The van der Waals surface area contributed by atoms with E-state index in [1.54, 1.807) is 28.5 Å². The van der Waals surface area contributed by atoms with E-state index in [-0.39, 0.29) is 11.6 Å². The predicted octanol–water partition coefficient (Wildman–Crippen LogP) is 2.65. The van der Waals surface area contributed by atoms with Crippen LogP contribution in [0.4, 0.5) is 10.2 Å². The smallest absolute Gasteiger partial charge is 0.249 e. The zero-order valence-electron chi connectivity index (χ0n) is 11.4. The van der Waals surface area contributed by atoms with E-state index in [9.17, 15) is 14.4 Å². The summed E-state index contributed by atoms with van der Waals surface area (Å²) in [5, 5.41) is 12.5. The lowest BCUT2D eigenvalue weighted by Crippen LogP contribution is -2.10. The zero-order valence-corrected chi connectivity index (χ0v) is 12.2. The van der Waals surface area contributed by atoms with Gasteiger partial charge in [0.1, 0.15) is 11.9 Å². The van der Waals surface area contributed by atoms with Crippen molar-refractivity contribution in [2.75, 3.05) is 11.1 Å². The van der Waals surface area contributed by atoms with Gasteiger partial charge in [0, 0.05) is 18.4 Å². The van der Waals surface area contributed by atoms with Crippen LogP contribution in [0.2, 0.25) is 0 Å². The number of aromatic nitrogens is 2. The summed E-state index contributed by atoms with van der Waals surface area (Å²) in [6.45, 7) is 0.713. The Morgan fingerprint density at radius 2 is 2.41 bits per heavy atom. The Kier molecular flexibility index (Phi) is 3.94. The van der Waals surface area contributed by atoms with Gasteiger partial charge >= 0.3 is 0 Å². The number of hydrogen-bond donors (Lipinski definition) is 1. The van der Waals surface area contributed by atoms with E-state index < -0.39 is 5.91 Å². The molecule has 110 valence electrons. The van der Waals surface area contributed by atoms with Crippen molar-refractivity contribution in [3.05, 3.63) is 47.4 Å². The van der Waals surface area contributed by atoms with E-state index in [2.05, 4.69) is 16.4 Å². The number of carbonyl (C=O) groups excluding carboxylic acids is 1. The molecule has 0 saturated heterocycles. The molecule has 0 spiro atoms. The molecule has 1 aliphatic heterocycles. The number of nitrogens with zero attached hydrogens (tertiary/aromatic N) is 3. The van der Waals surface area contributed by atoms with Gasteiger partial charge in [-0.05, 0) is 23.8 Å². The molecule has 0 unspecified atom stereocenters. The van der Waals surface area contributed by atoms with Crippen LogP contribution in [-0.4, -0.2) is 21.2 Å². The molecule has 0 radical (unpaired) electrons. The SMILES string of the molecule is N#Cc1c(NC(=O)/C=C/c2cccc(F)c2)nc2n1CCS2. The Balaban J connectivity index is 1.74. The van der Waals surface area contributed by atoms with Crippen LogP contribution in [0.3, 0.4) is 0 Å². The number of fused-ring (bicyclic) bond motifs is 1. The number of nitriles is 1. The average Bonchev–Trinajstić information content (AvgIpc) is 3.05. The number of carbonyl (C=O) groups is 1. The van der Waals surface area contributed by atoms with Crippen LogP contribution in [0.25, 0.3) is 6.08 Å². The van der Waals surface area contributed by atoms with Gasteiger partial charge in [-0.1, -0.05) is 23.9 Å². The molecule has 2 aromatic rings. The topological polar surface area (TPSA) is 70.7 Å². The molecule has 1 aromatic heterocycles. The van der Waals surface area contributed by atoms with Gasteiger partial charge < -0.3 is 9.88 Å². The van der Waals surface area contributed by atoms with E-state index in [4.69, 9.17) is 0 Å². The number of thioether (sulfide) groups is 1. The Morgan fingerprint density at radius 1 is 1.55 bits per heavy atom. The maximum atomic E-state index is 13.0. The van der Waals surface area contributed by atoms with Crippen LogP contribution in [0.15, 0.2) is 35.5 Å². The first-order valence-corrected chi connectivity index (χ1v) is 7.54. The minimum absolute atomic E-state index is 0.263. The molecule has 7 heteroatoms. The highest BCUT2D eigenvalue weighted by atomic mass is 32.2. The van der Waals surface area contributed by atoms with E-state index in [1.807, 2.05) is 0 Å². The van der Waals surface area contributed by atoms with Crippen LogP contribution in [0, 0.1) is 17.1 Å². The largest absolute Gasteiger partial charge is 0.308 e. The van der Waals surface area contributed by atoms with Crippen LogP contribution in [0.1, 0.15) is 11.3 Å². The molecule has 1 aromatic carbocycles. The van der Waals surface area contributed by atoms with Gasteiger partial charge in [0.15, 0.2) is 16.7 Å². The second kappa shape index (κ2) is 6.03. The minimum Gasteiger partial charge on any atom is -0.308 e. The summed E-state index contributed by atoms with van der Waals surface area (Å²) < 4.78 is 14.8. The Bertz CT molecular complexity index is 806. The van der Waals surface area contributed by atoms with Gasteiger partial charge in [-0.15, -0.1) is 0 Å². The van der Waals surface area contributed by atoms with Crippen molar-refractivity contribution in [1.29, 1.82) is 5.26 Å². The second-order valence-electron chi connectivity index (χ2n) is 4.58. The van der Waals surface area contributed by atoms with E-state index >= 15 is 0 Å². The van der Waals surface area contributed by atoms with Crippen LogP contribution in [-0.2, 0) is 11.3 Å². The molecule has 1 N–H and O–H groups in total. The molecular weight excluding hydrogens is 303 g/mol. The van der Waals surface area contributed by atoms with Gasteiger partial charge in [0.2, 0.25) is 5.91 Å². The quantitative estimate of drug-likeness (QED) is 0.884. The summed E-state index contributed by atoms with van der Waals surface area (Å²) in [7, 11) is 0. The summed E-state index contributed by atoms with van der Waals surface area (Å²) in [6, 6.07) is 7.98. The summed E-state index contributed by atoms with van der Waals surface area (Å²) in [5.41, 5.74) is 0.936. The monoisotopic (exact) mass is 314 g/mol. The van der Waals surface area contributed by atoms with Crippen molar-refractivity contribution in [1.82, 2.24) is 9.55 Å². The van der Waals surface area contributed by atoms with Crippen molar-refractivity contribution < 1.29 is 9.18 Å². The molecule has 5 nitrogen and oxygen atoms in total. The summed E-state index contributed by atoms with van der Waals surface area (Å²) in [4.78, 5) is 16.2. The molecule has 3 rings (SSSR count). The highest BCUT2D eigenvalue weighted by Crippen LogP contribution is 2.30. The van der Waals surface area contributed by atoms with Crippen molar-refractivity contribution in [2.24, 2.45) is 0 Å². The lowest BCUT2D eigenvalue weighted by Gasteiger charge is -2.00. The third kappa shape index (κ3) is 2.87. The van der Waals surface area contributed by atoms with Gasteiger partial charge in [-0.3, -0.25) is 4.79 Å². The highest BCUT2D eigenvalue weighted by molar-refractivity contribution is 7.99. The van der Waals surface area contributed by atoms with Gasteiger partial charge in [0.25, 0.3) is 0 Å². The fraction of sp³-hybridized carbons (Fsp3) is 0.133. The summed E-state index contributed by atoms with van der Waals surface area (Å²) >= 11 is 1.55. The third-order valence-corrected chi connectivity index (χ3v) is 4.06. The molecule has 22 heavy (non-hydrogen) atoms. The van der Waals surface area contributed by atoms with Crippen LogP contribution in [0.5, 0.6) is 0 Å². The number of hydrogen-bond acceptors (Lipinski definition) is 4. The van der Waals surface area contributed by atoms with Crippen molar-refractivity contribution in [3.63, 3.8) is 0 Å². The predicted molar refractivity (Wildman–Crippen MR) is 81.7 cm³/mol. The number of halogens is 1. The average molecular weight is 314 g/mol. The Morgan fingerprint density at radius 3 is 3.18 bits per heavy atom. The molecule has 1 aliphatic rings. The minimum atomic E-state index is -0.414. The van der Waals surface area contributed by atoms with Crippen LogP contribution < -0.4 is 5.32 Å². The van der Waals surface area contributed by atoms with Gasteiger partial charge in [-0.25, -0.2) is 9.37 Å². The normalized spacial score (nSPS) is 13.1. The van der Waals surface area contributed by atoms with Crippen molar-refractivity contribution in [2.45, 2.75) is 11.7 Å². The summed E-state index contributed by atoms with van der Waals surface area (Å²) in [6.07, 6.45) is 2.79. The molecule has 1 amide bonds. The van der Waals surface area contributed by atoms with Gasteiger partial charge in [-0.2, -0.15) is 5.26 Å². The lowest BCUT2D eigenvalue weighted by atomic mass is 10.2. The number of rotatable bonds is 3. The number of benzene rings is 1. The third-order valence-electron chi connectivity index (χ3n) is 3.10. The number of amides is 1. The molecule has 0 bridgehead atoms. The molecule has 0 fully saturated rings. The molecule has 0 aliphatic carbocycles. The number of nitrogens with one attached hydrogen (secondary N) is 1. The zero-order chi connectivity index (χ0) is 15.5. The molecule has 0 atom stereocenters. The van der Waals surface area contributed by atoms with E-state index in [0.717, 1.165) is 10.9 Å². The standard InChI is InChI=1S/C15H11FN4OS/c16-11-3-1-2-10(8-11)4-5-13(21)18-14-12(9-17)20-6-7-22-15(20)19-14/h1-5,8H,6-7H2,(H,18,21)/b5-4+. The fourth-order valence-electron chi connectivity index (χ4n) is 2.12. The number of anilines is 1. The second-order valence-corrected chi connectivity index (χ2v) is 5.64. The van der Waals surface area contributed by atoms with Gasteiger partial charge in [0.05, 0.1) is 0 Å². The lowest BCUT2D eigenvalue weighted by molar-refractivity contribution is -0.111. The Labute approximate surface area is 130 Å². The van der Waals surface area contributed by atoms with Crippen molar-refractivity contribution >= 4 is 29.6 Å². The van der Waals surface area contributed by atoms with Crippen molar-refractivity contribution in [3.8, 4) is 6.07 Å². The molecule has 2 heterocycles. The maximum Gasteiger partial charge on any atom is 0.249 e. The van der Waals surface area contributed by atoms with E-state index in [0.29, 0.717) is 17.8 Å². The van der Waals surface area contributed by atoms with Crippen LogP contribution >= 0.6 is 11.8 Å². The highest BCUT2D eigenvalue weighted by Gasteiger charge is 2.22. The molecule has 0 saturated carbocycles. The fourth-order valence-corrected chi connectivity index (χ4v) is 3.07. The number of imidazole rings is 1. The Hall–Kier alpha value is -2.59. The summed E-state index contributed by atoms with van der Waals surface area (Å²) in [5.74, 6) is 0.364. The first-order chi connectivity index (χ1) is 10.7. The van der Waals surface area contributed by atoms with E-state index in [1.165, 1.54) is 24.3 Å².